The highest BCUT2D eigenvalue weighted by Crippen LogP contribution is 2.20. The summed E-state index contributed by atoms with van der Waals surface area (Å²) in [6, 6.07) is 0.642. The summed E-state index contributed by atoms with van der Waals surface area (Å²) in [5, 5.41) is 7.17. The molecule has 0 radical (unpaired) electrons. The van der Waals surface area contributed by atoms with Gasteiger partial charge in [0, 0.05) is 6.54 Å². The molecule has 0 spiro atoms. The number of carbonyl (C=O) groups excluding carboxylic acids is 2. The molecule has 1 unspecified atom stereocenters. The highest BCUT2D eigenvalue weighted by atomic mass is 79.9. The van der Waals surface area contributed by atoms with E-state index in [1.165, 1.54) is 0 Å². The van der Waals surface area contributed by atoms with Crippen molar-refractivity contribution >= 4 is 39.2 Å². The monoisotopic (exact) mass is 333 g/mol. The summed E-state index contributed by atoms with van der Waals surface area (Å²) in [7, 11) is 0. The average Bonchev–Trinajstić information content (AvgIpc) is 2.68. The normalized spacial score (nSPS) is 12.2. The van der Waals surface area contributed by atoms with E-state index in [1.807, 2.05) is 25.3 Å². The molecule has 0 fully saturated rings. The molecular weight excluding hydrogens is 318 g/mol. The van der Waals surface area contributed by atoms with Crippen LogP contribution in [0.4, 0.5) is 4.79 Å². The van der Waals surface area contributed by atoms with Gasteiger partial charge in [0.15, 0.2) is 0 Å². The highest BCUT2D eigenvalue weighted by Gasteiger charge is 2.22. The molecule has 4 N–H and O–H groups in total. The Morgan fingerprint density at radius 3 is 2.61 bits per heavy atom. The predicted octanol–water partition coefficient (Wildman–Crippen LogP) is 1.82. The van der Waals surface area contributed by atoms with E-state index in [2.05, 4.69) is 26.6 Å². The molecule has 0 saturated heterocycles. The van der Waals surface area contributed by atoms with Crippen molar-refractivity contribution in [1.29, 1.82) is 0 Å². The average molecular weight is 334 g/mol. The molecule has 18 heavy (non-hydrogen) atoms. The smallest absolute Gasteiger partial charge is 0.312 e. The van der Waals surface area contributed by atoms with Crippen LogP contribution < -0.4 is 16.4 Å². The van der Waals surface area contributed by atoms with Crippen molar-refractivity contribution in [1.82, 2.24) is 10.6 Å². The van der Waals surface area contributed by atoms with E-state index < -0.39 is 12.1 Å². The number of rotatable bonds is 5. The largest absolute Gasteiger partial charge is 0.352 e. The van der Waals surface area contributed by atoms with E-state index in [1.54, 1.807) is 11.3 Å². The van der Waals surface area contributed by atoms with Crippen LogP contribution in [0.3, 0.4) is 0 Å². The van der Waals surface area contributed by atoms with Crippen molar-refractivity contribution in [2.75, 3.05) is 0 Å². The third kappa shape index (κ3) is 4.66. The van der Waals surface area contributed by atoms with Crippen LogP contribution in [0.2, 0.25) is 0 Å². The molecule has 0 aliphatic heterocycles. The topological polar surface area (TPSA) is 84.2 Å². The minimum atomic E-state index is -0.692. The van der Waals surface area contributed by atoms with Gasteiger partial charge in [-0.3, -0.25) is 4.79 Å². The molecule has 7 heteroatoms. The molecule has 100 valence electrons. The summed E-state index contributed by atoms with van der Waals surface area (Å²) in [6.45, 7) is 4.13. The van der Waals surface area contributed by atoms with E-state index in [-0.39, 0.29) is 11.8 Å². The maximum absolute atomic E-state index is 11.9. The first-order valence-corrected chi connectivity index (χ1v) is 7.14. The molecule has 3 amide bonds. The summed E-state index contributed by atoms with van der Waals surface area (Å²) >= 11 is 4.91. The molecule has 0 aromatic carbocycles. The molecule has 5 nitrogen and oxygen atoms in total. The zero-order valence-corrected chi connectivity index (χ0v) is 12.6. The SMILES string of the molecule is CC(C)C(NC(N)=O)C(=O)NCc1csc(Br)c1. The molecule has 0 saturated carbocycles. The lowest BCUT2D eigenvalue weighted by atomic mass is 10.0. The fourth-order valence-corrected chi connectivity index (χ4v) is 2.63. The van der Waals surface area contributed by atoms with Gasteiger partial charge in [-0.05, 0) is 38.9 Å². The number of urea groups is 1. The number of carbonyl (C=O) groups is 2. The zero-order valence-electron chi connectivity index (χ0n) is 10.2. The van der Waals surface area contributed by atoms with Gasteiger partial charge in [-0.15, -0.1) is 11.3 Å². The van der Waals surface area contributed by atoms with Crippen LogP contribution in [0.15, 0.2) is 15.2 Å². The lowest BCUT2D eigenvalue weighted by Crippen LogP contribution is -2.51. The summed E-state index contributed by atoms with van der Waals surface area (Å²) < 4.78 is 1.02. The van der Waals surface area contributed by atoms with Gasteiger partial charge in [0.05, 0.1) is 3.79 Å². The Morgan fingerprint density at radius 2 is 2.17 bits per heavy atom. The lowest BCUT2D eigenvalue weighted by Gasteiger charge is -2.20. The Kier molecular flexibility index (Phi) is 5.61. The minimum absolute atomic E-state index is 0.0216. The van der Waals surface area contributed by atoms with Gasteiger partial charge in [0.2, 0.25) is 5.91 Å². The minimum Gasteiger partial charge on any atom is -0.352 e. The first kappa shape index (κ1) is 15.0. The van der Waals surface area contributed by atoms with Crippen LogP contribution in [0, 0.1) is 5.92 Å². The summed E-state index contributed by atoms with van der Waals surface area (Å²) in [5.41, 5.74) is 6.06. The fraction of sp³-hybridized carbons (Fsp3) is 0.455. The van der Waals surface area contributed by atoms with Crippen molar-refractivity contribution in [3.8, 4) is 0 Å². The number of hydrogen-bond donors (Lipinski definition) is 3. The number of primary amides is 1. The maximum Gasteiger partial charge on any atom is 0.312 e. The molecule has 0 aliphatic rings. The van der Waals surface area contributed by atoms with Crippen molar-refractivity contribution in [2.24, 2.45) is 11.7 Å². The van der Waals surface area contributed by atoms with Crippen molar-refractivity contribution in [3.63, 3.8) is 0 Å². The van der Waals surface area contributed by atoms with Crippen LogP contribution >= 0.6 is 27.3 Å². The van der Waals surface area contributed by atoms with Crippen LogP contribution in [0.5, 0.6) is 0 Å². The van der Waals surface area contributed by atoms with Gasteiger partial charge in [0.1, 0.15) is 6.04 Å². The Hall–Kier alpha value is -1.08. The van der Waals surface area contributed by atoms with Crippen LogP contribution in [0.1, 0.15) is 19.4 Å². The quantitative estimate of drug-likeness (QED) is 0.767. The predicted molar refractivity (Wildman–Crippen MR) is 75.2 cm³/mol. The second kappa shape index (κ2) is 6.75. The fourth-order valence-electron chi connectivity index (χ4n) is 1.43. The molecule has 1 aromatic rings. The van der Waals surface area contributed by atoms with E-state index in [9.17, 15) is 9.59 Å². The maximum atomic E-state index is 11.9. The second-order valence-electron chi connectivity index (χ2n) is 4.21. The summed E-state index contributed by atoms with van der Waals surface area (Å²) in [5.74, 6) is -0.252. The zero-order chi connectivity index (χ0) is 13.7. The number of halogens is 1. The Labute approximate surface area is 118 Å². The number of nitrogens with one attached hydrogen (secondary N) is 2. The standard InChI is InChI=1S/C11H16BrN3O2S/c1-6(2)9(15-11(13)17)10(16)14-4-7-3-8(12)18-5-7/h3,5-6,9H,4H2,1-2H3,(H,14,16)(H3,13,15,17). The molecule has 1 heterocycles. The molecule has 1 atom stereocenters. The third-order valence-electron chi connectivity index (χ3n) is 2.34. The van der Waals surface area contributed by atoms with Gasteiger partial charge in [0.25, 0.3) is 0 Å². The third-order valence-corrected chi connectivity index (χ3v) is 3.89. The number of nitrogens with two attached hydrogens (primary N) is 1. The van der Waals surface area contributed by atoms with Crippen LogP contribution in [-0.4, -0.2) is 18.0 Å². The van der Waals surface area contributed by atoms with Crippen molar-refractivity contribution < 1.29 is 9.59 Å². The Bertz CT molecular complexity index is 434. The highest BCUT2D eigenvalue weighted by molar-refractivity contribution is 9.11. The van der Waals surface area contributed by atoms with Crippen molar-refractivity contribution in [3.05, 3.63) is 20.8 Å². The Balaban J connectivity index is 2.53. The molecule has 0 bridgehead atoms. The summed E-state index contributed by atoms with van der Waals surface area (Å²) in [6.07, 6.45) is 0. The van der Waals surface area contributed by atoms with Gasteiger partial charge >= 0.3 is 6.03 Å². The van der Waals surface area contributed by atoms with E-state index in [0.29, 0.717) is 6.54 Å². The molecule has 1 aromatic heterocycles. The molecule has 1 rings (SSSR count). The first-order valence-electron chi connectivity index (χ1n) is 5.46. The Morgan fingerprint density at radius 1 is 1.50 bits per heavy atom. The van der Waals surface area contributed by atoms with Gasteiger partial charge in [-0.1, -0.05) is 13.8 Å². The van der Waals surface area contributed by atoms with Gasteiger partial charge < -0.3 is 16.4 Å². The van der Waals surface area contributed by atoms with Crippen LogP contribution in [0.25, 0.3) is 0 Å². The van der Waals surface area contributed by atoms with Gasteiger partial charge in [-0.2, -0.15) is 0 Å². The number of amides is 3. The summed E-state index contributed by atoms with van der Waals surface area (Å²) in [4.78, 5) is 22.7. The first-order chi connectivity index (χ1) is 8.40. The van der Waals surface area contributed by atoms with E-state index >= 15 is 0 Å². The van der Waals surface area contributed by atoms with E-state index in [0.717, 1.165) is 9.35 Å². The van der Waals surface area contributed by atoms with E-state index in [4.69, 9.17) is 5.73 Å². The molecule has 0 aliphatic carbocycles. The second-order valence-corrected chi connectivity index (χ2v) is 6.50. The number of thiophene rings is 1. The van der Waals surface area contributed by atoms with Crippen LogP contribution in [-0.2, 0) is 11.3 Å². The lowest BCUT2D eigenvalue weighted by molar-refractivity contribution is -0.124. The van der Waals surface area contributed by atoms with Crippen molar-refractivity contribution in [2.45, 2.75) is 26.4 Å². The van der Waals surface area contributed by atoms with Gasteiger partial charge in [-0.25, -0.2) is 4.79 Å². The number of hydrogen-bond acceptors (Lipinski definition) is 3. The molecular formula is C11H16BrN3O2S.